The molecule has 3 saturated carbocycles. The van der Waals surface area contributed by atoms with Crippen LogP contribution >= 0.6 is 0 Å². The number of allylic oxidation sites excluding steroid dienone is 3. The molecule has 3 fully saturated rings. The number of carbonyl (C=O) groups is 1. The predicted molar refractivity (Wildman–Crippen MR) is 127 cm³/mol. The SMILES string of the molecule is CC(=CC(C)C1CCC2C3CCC4=CC(=O)CCC4(C)C3CCC12C)C(C)C(C)C. The Bertz CT molecular complexity index is 741. The third kappa shape index (κ3) is 3.47. The normalized spacial score (nSPS) is 43.5. The maximum Gasteiger partial charge on any atom is 0.155 e. The van der Waals surface area contributed by atoms with E-state index in [0.29, 0.717) is 28.4 Å². The molecule has 0 bridgehead atoms. The molecule has 4 aliphatic rings. The van der Waals surface area contributed by atoms with Gasteiger partial charge in [0, 0.05) is 6.42 Å². The zero-order chi connectivity index (χ0) is 21.8. The lowest BCUT2D eigenvalue weighted by molar-refractivity contribution is -0.117. The summed E-state index contributed by atoms with van der Waals surface area (Å²) in [6, 6.07) is 0. The van der Waals surface area contributed by atoms with Crippen molar-refractivity contribution in [2.75, 3.05) is 0 Å². The van der Waals surface area contributed by atoms with E-state index in [1.54, 1.807) is 5.57 Å². The molecule has 1 nitrogen and oxygen atoms in total. The smallest absolute Gasteiger partial charge is 0.155 e. The number of carbonyl (C=O) groups excluding carboxylic acids is 1. The molecular formula is C29H46O. The van der Waals surface area contributed by atoms with Crippen LogP contribution in [0.5, 0.6) is 0 Å². The van der Waals surface area contributed by atoms with E-state index in [9.17, 15) is 4.79 Å². The van der Waals surface area contributed by atoms with Crippen LogP contribution < -0.4 is 0 Å². The molecule has 0 aliphatic heterocycles. The summed E-state index contributed by atoms with van der Waals surface area (Å²) in [5, 5.41) is 0. The van der Waals surface area contributed by atoms with Gasteiger partial charge < -0.3 is 0 Å². The van der Waals surface area contributed by atoms with Crippen molar-refractivity contribution < 1.29 is 4.79 Å². The molecule has 0 aromatic heterocycles. The molecule has 0 spiro atoms. The van der Waals surface area contributed by atoms with Gasteiger partial charge in [0.25, 0.3) is 0 Å². The van der Waals surface area contributed by atoms with Gasteiger partial charge >= 0.3 is 0 Å². The minimum Gasteiger partial charge on any atom is -0.295 e. The molecule has 0 heterocycles. The van der Waals surface area contributed by atoms with Gasteiger partial charge in [0.2, 0.25) is 0 Å². The zero-order valence-electron chi connectivity index (χ0n) is 20.8. The van der Waals surface area contributed by atoms with Crippen LogP contribution in [-0.2, 0) is 4.79 Å². The fraction of sp³-hybridized carbons (Fsp3) is 0.828. The Kier molecular flexibility index (Phi) is 5.91. The Hall–Kier alpha value is -0.850. The topological polar surface area (TPSA) is 17.1 Å². The largest absolute Gasteiger partial charge is 0.295 e. The van der Waals surface area contributed by atoms with Gasteiger partial charge in [-0.15, -0.1) is 0 Å². The lowest BCUT2D eigenvalue weighted by Gasteiger charge is -2.58. The van der Waals surface area contributed by atoms with E-state index in [1.807, 2.05) is 0 Å². The van der Waals surface area contributed by atoms with Gasteiger partial charge in [-0.2, -0.15) is 0 Å². The summed E-state index contributed by atoms with van der Waals surface area (Å²) in [4.78, 5) is 12.1. The van der Waals surface area contributed by atoms with Crippen molar-refractivity contribution in [2.24, 2.45) is 52.3 Å². The molecule has 8 atom stereocenters. The molecule has 8 unspecified atom stereocenters. The van der Waals surface area contributed by atoms with Gasteiger partial charge in [0.15, 0.2) is 5.78 Å². The van der Waals surface area contributed by atoms with Crippen molar-refractivity contribution in [3.8, 4) is 0 Å². The quantitative estimate of drug-likeness (QED) is 0.429. The van der Waals surface area contributed by atoms with Gasteiger partial charge in [-0.05, 0) is 110 Å². The Balaban J connectivity index is 1.55. The van der Waals surface area contributed by atoms with Crippen LogP contribution in [0.4, 0.5) is 0 Å². The van der Waals surface area contributed by atoms with Crippen LogP contribution in [0, 0.1) is 52.3 Å². The average Bonchev–Trinajstić information content (AvgIpc) is 3.05. The summed E-state index contributed by atoms with van der Waals surface area (Å²) in [6.45, 7) is 17.2. The highest BCUT2D eigenvalue weighted by atomic mass is 16.1. The van der Waals surface area contributed by atoms with Crippen molar-refractivity contribution in [3.63, 3.8) is 0 Å². The van der Waals surface area contributed by atoms with Crippen LogP contribution in [-0.4, -0.2) is 5.78 Å². The summed E-state index contributed by atoms with van der Waals surface area (Å²) >= 11 is 0. The number of ketones is 1. The fourth-order valence-electron chi connectivity index (χ4n) is 8.67. The highest BCUT2D eigenvalue weighted by Gasteiger charge is 2.59. The van der Waals surface area contributed by atoms with Crippen molar-refractivity contribution in [1.29, 1.82) is 0 Å². The fourth-order valence-corrected chi connectivity index (χ4v) is 8.67. The van der Waals surface area contributed by atoms with Crippen molar-refractivity contribution in [3.05, 3.63) is 23.3 Å². The Morgan fingerprint density at radius 3 is 2.43 bits per heavy atom. The Morgan fingerprint density at radius 1 is 1.00 bits per heavy atom. The standard InChI is InChI=1S/C29H46O/c1-18(2)21(5)19(3)16-20(4)25-10-11-26-24-9-8-22-17-23(30)12-14-28(22,6)27(24)13-15-29(25,26)7/h16-18,20-21,24-27H,8-15H2,1-7H3. The lowest BCUT2D eigenvalue weighted by atomic mass is 9.46. The first-order valence-electron chi connectivity index (χ1n) is 13.0. The predicted octanol–water partition coefficient (Wildman–Crippen LogP) is 8.01. The average molecular weight is 411 g/mol. The number of hydrogen-bond acceptors (Lipinski definition) is 1. The molecule has 0 amide bonds. The van der Waals surface area contributed by atoms with E-state index in [-0.39, 0.29) is 0 Å². The molecule has 4 aliphatic carbocycles. The maximum atomic E-state index is 12.1. The van der Waals surface area contributed by atoms with E-state index in [1.165, 1.54) is 44.1 Å². The molecule has 1 heteroatoms. The van der Waals surface area contributed by atoms with Crippen LogP contribution in [0.3, 0.4) is 0 Å². The van der Waals surface area contributed by atoms with Gasteiger partial charge in [-0.25, -0.2) is 0 Å². The minimum atomic E-state index is 0.311. The molecule has 0 saturated heterocycles. The number of fused-ring (bicyclic) bond motifs is 5. The maximum absolute atomic E-state index is 12.1. The summed E-state index contributed by atoms with van der Waals surface area (Å²) in [5.74, 6) is 5.93. The molecule has 0 aromatic rings. The van der Waals surface area contributed by atoms with Crippen LogP contribution in [0.15, 0.2) is 23.3 Å². The third-order valence-electron chi connectivity index (χ3n) is 10.9. The van der Waals surface area contributed by atoms with Gasteiger partial charge in [0.05, 0.1) is 0 Å². The van der Waals surface area contributed by atoms with Crippen LogP contribution in [0.1, 0.15) is 99.8 Å². The number of hydrogen-bond donors (Lipinski definition) is 0. The summed E-state index contributed by atoms with van der Waals surface area (Å²) in [6.07, 6.45) is 14.7. The highest BCUT2D eigenvalue weighted by Crippen LogP contribution is 2.67. The van der Waals surface area contributed by atoms with E-state index in [4.69, 9.17) is 0 Å². The zero-order valence-corrected chi connectivity index (χ0v) is 20.8. The van der Waals surface area contributed by atoms with E-state index >= 15 is 0 Å². The van der Waals surface area contributed by atoms with Crippen LogP contribution in [0.2, 0.25) is 0 Å². The first-order valence-corrected chi connectivity index (χ1v) is 13.0. The summed E-state index contributed by atoms with van der Waals surface area (Å²) in [7, 11) is 0. The molecule has 168 valence electrons. The van der Waals surface area contributed by atoms with E-state index in [0.717, 1.165) is 42.4 Å². The Labute approximate surface area is 186 Å². The summed E-state index contributed by atoms with van der Waals surface area (Å²) in [5.41, 5.74) is 3.93. The lowest BCUT2D eigenvalue weighted by Crippen LogP contribution is -2.50. The molecule has 0 aromatic carbocycles. The second kappa shape index (κ2) is 7.93. The second-order valence-corrected chi connectivity index (χ2v) is 12.5. The first kappa shape index (κ1) is 22.3. The Morgan fingerprint density at radius 2 is 1.73 bits per heavy atom. The molecular weight excluding hydrogens is 364 g/mol. The van der Waals surface area contributed by atoms with E-state index < -0.39 is 0 Å². The van der Waals surface area contributed by atoms with Crippen molar-refractivity contribution in [2.45, 2.75) is 99.8 Å². The van der Waals surface area contributed by atoms with Gasteiger partial charge in [0.1, 0.15) is 0 Å². The van der Waals surface area contributed by atoms with Crippen molar-refractivity contribution >= 4 is 5.78 Å². The van der Waals surface area contributed by atoms with Gasteiger partial charge in [-0.1, -0.05) is 58.8 Å². The molecule has 0 radical (unpaired) electrons. The molecule has 4 rings (SSSR count). The summed E-state index contributed by atoms with van der Waals surface area (Å²) < 4.78 is 0. The minimum absolute atomic E-state index is 0.311. The van der Waals surface area contributed by atoms with Gasteiger partial charge in [-0.3, -0.25) is 4.79 Å². The second-order valence-electron chi connectivity index (χ2n) is 12.5. The monoisotopic (exact) mass is 410 g/mol. The highest BCUT2D eigenvalue weighted by molar-refractivity contribution is 5.91. The molecule has 0 N–H and O–H groups in total. The first-order chi connectivity index (χ1) is 14.1. The third-order valence-corrected chi connectivity index (χ3v) is 10.9. The van der Waals surface area contributed by atoms with Crippen molar-refractivity contribution in [1.82, 2.24) is 0 Å². The molecule has 30 heavy (non-hydrogen) atoms. The van der Waals surface area contributed by atoms with E-state index in [2.05, 4.69) is 60.6 Å². The number of rotatable bonds is 4. The van der Waals surface area contributed by atoms with Crippen LogP contribution in [0.25, 0.3) is 0 Å².